The van der Waals surface area contributed by atoms with Gasteiger partial charge in [0.1, 0.15) is 0 Å². The van der Waals surface area contributed by atoms with Crippen molar-refractivity contribution < 1.29 is 29.1 Å². The summed E-state index contributed by atoms with van der Waals surface area (Å²) in [5, 5.41) is 2.45. The van der Waals surface area contributed by atoms with Crippen molar-refractivity contribution in [1.82, 2.24) is 0 Å². The summed E-state index contributed by atoms with van der Waals surface area (Å²) in [5.41, 5.74) is -0.203. The van der Waals surface area contributed by atoms with E-state index < -0.39 is 33.5 Å². The van der Waals surface area contributed by atoms with E-state index in [-0.39, 0.29) is 6.29 Å². The molecule has 0 heterocycles. The molecule has 0 saturated heterocycles. The van der Waals surface area contributed by atoms with Crippen LogP contribution in [0.1, 0.15) is 47.4 Å². The molecule has 6 nitrogen and oxygen atoms in total. The second-order valence-corrected chi connectivity index (χ2v) is 21.0. The van der Waals surface area contributed by atoms with Crippen molar-refractivity contribution in [2.24, 2.45) is 5.41 Å². The zero-order valence-electron chi connectivity index (χ0n) is 22.2. The van der Waals surface area contributed by atoms with Crippen molar-refractivity contribution in [3.63, 3.8) is 0 Å². The van der Waals surface area contributed by atoms with E-state index in [0.29, 0.717) is 24.0 Å². The number of rotatable bonds is 11. The minimum Gasteiger partial charge on any atom is -0.289 e. The van der Waals surface area contributed by atoms with Crippen LogP contribution in [-0.4, -0.2) is 28.1 Å². The summed E-state index contributed by atoms with van der Waals surface area (Å²) < 4.78 is 0. The smallest absolute Gasteiger partial charge is 0.289 e. The molecule has 0 aliphatic rings. The Morgan fingerprint density at radius 2 is 0.971 bits per heavy atom. The SMILES string of the molecule is [CH2]C(CC)(CC)[C](OOC(=O)c1ccc([Si](C)(C)C)cc1)OOC(=O)c1ccc([Si](C)(C)C)cc1. The molecule has 0 saturated carbocycles. The molecule has 0 fully saturated rings. The first kappa shape index (κ1) is 29.0. The number of carbonyl (C=O) groups is 2. The molecule has 0 aromatic heterocycles. The van der Waals surface area contributed by atoms with Crippen molar-refractivity contribution in [3.8, 4) is 0 Å². The monoisotopic (exact) mass is 514 g/mol. The van der Waals surface area contributed by atoms with Crippen LogP contribution in [0.2, 0.25) is 39.3 Å². The maximum absolute atomic E-state index is 12.6. The summed E-state index contributed by atoms with van der Waals surface area (Å²) in [4.78, 5) is 45.7. The molecular formula is C27H38O6Si2. The van der Waals surface area contributed by atoms with Gasteiger partial charge in [-0.15, -0.1) is 9.78 Å². The number of benzene rings is 2. The maximum Gasteiger partial charge on any atom is 0.373 e. The van der Waals surface area contributed by atoms with Crippen LogP contribution in [-0.2, 0) is 19.6 Å². The fourth-order valence-corrected chi connectivity index (χ4v) is 5.52. The lowest BCUT2D eigenvalue weighted by Crippen LogP contribution is -2.37. The third-order valence-corrected chi connectivity index (χ3v) is 10.3. The molecule has 0 aliphatic carbocycles. The Labute approximate surface area is 211 Å². The van der Waals surface area contributed by atoms with Gasteiger partial charge in [-0.25, -0.2) is 9.59 Å². The van der Waals surface area contributed by atoms with Crippen molar-refractivity contribution in [1.29, 1.82) is 0 Å². The first-order valence-corrected chi connectivity index (χ1v) is 18.9. The molecule has 0 aliphatic heterocycles. The standard InChI is InChI=1S/C27H38O6Si2/c1-10-27(3,11-2)26(32-30-24(28)20-12-16-22(17-13-20)34(4,5)6)33-31-25(29)21-14-18-23(19-15-21)35(7,8)9/h12-19H,3,10-11H2,1-2,4-9H3. The van der Waals surface area contributed by atoms with Crippen LogP contribution in [0.3, 0.4) is 0 Å². The van der Waals surface area contributed by atoms with Crippen LogP contribution in [0.4, 0.5) is 0 Å². The molecule has 190 valence electrons. The Morgan fingerprint density at radius 3 is 1.23 bits per heavy atom. The molecule has 2 aromatic carbocycles. The zero-order valence-corrected chi connectivity index (χ0v) is 24.2. The highest BCUT2D eigenvalue weighted by atomic mass is 28.3. The quantitative estimate of drug-likeness (QED) is 0.215. The van der Waals surface area contributed by atoms with Crippen molar-refractivity contribution in [2.45, 2.75) is 66.0 Å². The van der Waals surface area contributed by atoms with Gasteiger partial charge in [0.05, 0.1) is 27.3 Å². The van der Waals surface area contributed by atoms with E-state index in [1.807, 2.05) is 38.1 Å². The van der Waals surface area contributed by atoms with Crippen molar-refractivity contribution in [2.75, 3.05) is 0 Å². The van der Waals surface area contributed by atoms with Gasteiger partial charge in [-0.1, -0.05) is 87.8 Å². The van der Waals surface area contributed by atoms with Gasteiger partial charge in [0, 0.05) is 5.41 Å². The third-order valence-electron chi connectivity index (χ3n) is 6.15. The Kier molecular flexibility index (Phi) is 9.64. The second kappa shape index (κ2) is 11.6. The molecule has 0 bridgehead atoms. The van der Waals surface area contributed by atoms with E-state index >= 15 is 0 Å². The zero-order chi connectivity index (χ0) is 26.4. The van der Waals surface area contributed by atoms with Crippen LogP contribution >= 0.6 is 0 Å². The van der Waals surface area contributed by atoms with E-state index in [1.54, 1.807) is 24.3 Å². The first-order chi connectivity index (χ1) is 16.2. The highest BCUT2D eigenvalue weighted by molar-refractivity contribution is 6.89. The Hall–Kier alpha value is -2.27. The normalized spacial score (nSPS) is 12.5. The predicted octanol–water partition coefficient (Wildman–Crippen LogP) is 5.78. The molecule has 2 aromatic rings. The van der Waals surface area contributed by atoms with Crippen LogP contribution < -0.4 is 10.4 Å². The van der Waals surface area contributed by atoms with Crippen LogP contribution in [0.25, 0.3) is 0 Å². The summed E-state index contributed by atoms with van der Waals surface area (Å²) in [6.07, 6.45) is 0.815. The number of carbonyl (C=O) groups excluding carboxylic acids is 2. The van der Waals surface area contributed by atoms with E-state index in [9.17, 15) is 9.59 Å². The molecule has 0 spiro atoms. The lowest BCUT2D eigenvalue weighted by molar-refractivity contribution is -0.381. The van der Waals surface area contributed by atoms with Crippen LogP contribution in [0, 0.1) is 18.6 Å². The maximum atomic E-state index is 12.6. The van der Waals surface area contributed by atoms with E-state index in [4.69, 9.17) is 19.6 Å². The van der Waals surface area contributed by atoms with Gasteiger partial charge in [-0.2, -0.15) is 0 Å². The average Bonchev–Trinajstić information content (AvgIpc) is 2.82. The fraction of sp³-hybridized carbons (Fsp3) is 0.407. The summed E-state index contributed by atoms with van der Waals surface area (Å²) in [6.45, 7) is 21.3. The predicted molar refractivity (Wildman–Crippen MR) is 143 cm³/mol. The number of hydrogen-bond donors (Lipinski definition) is 0. The van der Waals surface area contributed by atoms with Gasteiger partial charge in [0.15, 0.2) is 0 Å². The molecule has 0 unspecified atom stereocenters. The van der Waals surface area contributed by atoms with Gasteiger partial charge in [-0.05, 0) is 44.0 Å². The van der Waals surface area contributed by atoms with Gasteiger partial charge in [-0.3, -0.25) is 9.78 Å². The highest BCUT2D eigenvalue weighted by Crippen LogP contribution is 2.38. The molecular weight excluding hydrogens is 476 g/mol. The largest absolute Gasteiger partial charge is 0.373 e. The Morgan fingerprint density at radius 1 is 0.657 bits per heavy atom. The minimum atomic E-state index is -1.49. The Bertz CT molecular complexity index is 911. The third kappa shape index (κ3) is 7.86. The van der Waals surface area contributed by atoms with E-state index in [0.717, 1.165) is 0 Å². The molecule has 35 heavy (non-hydrogen) atoms. The molecule has 0 N–H and O–H groups in total. The van der Waals surface area contributed by atoms with E-state index in [2.05, 4.69) is 46.2 Å². The molecule has 0 atom stereocenters. The molecule has 2 radical (unpaired) electrons. The van der Waals surface area contributed by atoms with Crippen LogP contribution in [0.5, 0.6) is 0 Å². The van der Waals surface area contributed by atoms with Crippen molar-refractivity contribution in [3.05, 3.63) is 72.9 Å². The van der Waals surface area contributed by atoms with Crippen molar-refractivity contribution >= 4 is 38.5 Å². The summed E-state index contributed by atoms with van der Waals surface area (Å²) in [6, 6.07) is 14.6. The topological polar surface area (TPSA) is 71.1 Å². The minimum absolute atomic E-state index is 0.193. The second-order valence-electron chi connectivity index (χ2n) is 10.8. The first-order valence-electron chi connectivity index (χ1n) is 11.9. The Balaban J connectivity index is 2.07. The molecule has 8 heteroatoms. The summed E-state index contributed by atoms with van der Waals surface area (Å²) in [5.74, 6) is -1.37. The van der Waals surface area contributed by atoms with Gasteiger partial charge >= 0.3 is 18.2 Å². The lowest BCUT2D eigenvalue weighted by Gasteiger charge is -2.30. The number of hydrogen-bond acceptors (Lipinski definition) is 6. The molecule has 0 amide bonds. The summed E-state index contributed by atoms with van der Waals surface area (Å²) >= 11 is 0. The van der Waals surface area contributed by atoms with Gasteiger partial charge in [0.25, 0.3) is 0 Å². The van der Waals surface area contributed by atoms with Gasteiger partial charge < -0.3 is 0 Å². The van der Waals surface area contributed by atoms with Gasteiger partial charge in [0.2, 0.25) is 0 Å². The average molecular weight is 515 g/mol. The highest BCUT2D eigenvalue weighted by Gasteiger charge is 2.40. The van der Waals surface area contributed by atoms with E-state index in [1.165, 1.54) is 10.4 Å². The fourth-order valence-electron chi connectivity index (χ4n) is 3.19. The lowest BCUT2D eigenvalue weighted by atomic mass is 9.84. The van der Waals surface area contributed by atoms with Crippen LogP contribution in [0.15, 0.2) is 48.5 Å². The summed E-state index contributed by atoms with van der Waals surface area (Å²) in [7, 11) is -2.97. The molecule has 2 rings (SSSR count).